The fourth-order valence-electron chi connectivity index (χ4n) is 7.94. The number of hydrogen-bond donors (Lipinski definition) is 2. The second kappa shape index (κ2) is 5.42. The van der Waals surface area contributed by atoms with Crippen molar-refractivity contribution in [3.05, 3.63) is 0 Å². The van der Waals surface area contributed by atoms with Crippen LogP contribution in [0.3, 0.4) is 0 Å². The van der Waals surface area contributed by atoms with Gasteiger partial charge in [-0.3, -0.25) is 4.79 Å². The van der Waals surface area contributed by atoms with Crippen LogP contribution in [0.5, 0.6) is 0 Å². The predicted molar refractivity (Wildman–Crippen MR) is 86.7 cm³/mol. The zero-order chi connectivity index (χ0) is 17.4. The lowest BCUT2D eigenvalue weighted by Gasteiger charge is -2.49. The van der Waals surface area contributed by atoms with Crippen LogP contribution in [0.25, 0.3) is 0 Å². The second-order valence-electron chi connectivity index (χ2n) is 8.64. The van der Waals surface area contributed by atoms with Crippen molar-refractivity contribution < 1.29 is 24.5 Å². The fraction of sp³-hybridized carbons (Fsp3) is 0.947. The van der Waals surface area contributed by atoms with Gasteiger partial charge in [0.2, 0.25) is 0 Å². The first-order chi connectivity index (χ1) is 11.4. The number of carboxylic acids is 1. The number of fused-ring (bicyclic) bond motifs is 9. The number of aliphatic carboxylic acids is 1. The number of hydrogen-bond acceptors (Lipinski definition) is 4. The van der Waals surface area contributed by atoms with Crippen LogP contribution in [0.4, 0.5) is 0 Å². The fourth-order valence-corrected chi connectivity index (χ4v) is 7.94. The molecule has 5 nitrogen and oxygen atoms in total. The monoisotopic (exact) mass is 338 g/mol. The summed E-state index contributed by atoms with van der Waals surface area (Å²) in [5.74, 6) is 0.603. The first-order valence-corrected chi connectivity index (χ1v) is 9.45. The van der Waals surface area contributed by atoms with Gasteiger partial charge < -0.3 is 19.7 Å². The molecule has 10 atom stereocenters. The summed E-state index contributed by atoms with van der Waals surface area (Å²) in [7, 11) is 2.81. The molecule has 136 valence electrons. The Morgan fingerprint density at radius 1 is 1.08 bits per heavy atom. The molecule has 0 saturated heterocycles. The van der Waals surface area contributed by atoms with Gasteiger partial charge in [-0.15, -0.1) is 0 Å². The summed E-state index contributed by atoms with van der Waals surface area (Å²) in [5, 5.41) is 20.7. The Hall–Kier alpha value is -0.650. The van der Waals surface area contributed by atoms with Crippen molar-refractivity contribution in [2.24, 2.45) is 59.2 Å². The number of carbonyl (C=O) groups is 1. The van der Waals surface area contributed by atoms with E-state index in [9.17, 15) is 15.0 Å². The van der Waals surface area contributed by atoms with E-state index in [0.29, 0.717) is 29.6 Å². The van der Waals surface area contributed by atoms with Crippen molar-refractivity contribution in [3.63, 3.8) is 0 Å². The van der Waals surface area contributed by atoms with E-state index in [-0.39, 0.29) is 11.8 Å². The number of carboxylic acid groups (broad SMARTS) is 1. The molecule has 4 aliphatic carbocycles. The van der Waals surface area contributed by atoms with E-state index in [1.54, 1.807) is 0 Å². The number of rotatable bonds is 5. The molecule has 4 aliphatic rings. The molecule has 0 aromatic rings. The first kappa shape index (κ1) is 16.8. The van der Waals surface area contributed by atoms with Gasteiger partial charge in [-0.2, -0.15) is 0 Å². The van der Waals surface area contributed by atoms with E-state index >= 15 is 0 Å². The minimum Gasteiger partial charge on any atom is -0.481 e. The largest absolute Gasteiger partial charge is 0.481 e. The van der Waals surface area contributed by atoms with Crippen molar-refractivity contribution in [1.29, 1.82) is 0 Å². The topological polar surface area (TPSA) is 76.0 Å². The second-order valence-corrected chi connectivity index (χ2v) is 8.64. The van der Waals surface area contributed by atoms with Gasteiger partial charge in [0, 0.05) is 14.2 Å². The molecule has 10 unspecified atom stereocenters. The molecule has 2 N–H and O–H groups in total. The molecule has 0 heterocycles. The maximum Gasteiger partial charge on any atom is 0.307 e. The number of ether oxygens (including phenoxy) is 2. The highest BCUT2D eigenvalue weighted by molar-refractivity contribution is 5.72. The molecule has 4 bridgehead atoms. The molecule has 0 aromatic heterocycles. The van der Waals surface area contributed by atoms with Crippen molar-refractivity contribution >= 4 is 5.97 Å². The summed E-state index contributed by atoms with van der Waals surface area (Å²) in [6, 6.07) is 0. The van der Waals surface area contributed by atoms with E-state index in [1.165, 1.54) is 27.1 Å². The molecule has 0 amide bonds. The van der Waals surface area contributed by atoms with Gasteiger partial charge in [-0.05, 0) is 60.2 Å². The normalized spacial score (nSPS) is 52.0. The molecular weight excluding hydrogens is 308 g/mol. The van der Waals surface area contributed by atoms with Gasteiger partial charge >= 0.3 is 5.97 Å². The Morgan fingerprint density at radius 2 is 1.67 bits per heavy atom. The molecule has 5 heteroatoms. The molecule has 4 rings (SSSR count). The summed E-state index contributed by atoms with van der Waals surface area (Å²) in [6.07, 6.45) is 3.35. The average molecular weight is 338 g/mol. The van der Waals surface area contributed by atoms with Crippen molar-refractivity contribution in [2.75, 3.05) is 14.2 Å². The highest BCUT2D eigenvalue weighted by Crippen LogP contribution is 2.74. The highest BCUT2D eigenvalue weighted by atomic mass is 16.8. The third kappa shape index (κ3) is 1.84. The number of aliphatic hydroxyl groups is 1. The zero-order valence-electron chi connectivity index (χ0n) is 15.0. The van der Waals surface area contributed by atoms with Crippen LogP contribution in [0, 0.1) is 59.2 Å². The molecule has 0 radical (unpaired) electrons. The van der Waals surface area contributed by atoms with Gasteiger partial charge in [0.15, 0.2) is 0 Å². The van der Waals surface area contributed by atoms with Crippen LogP contribution < -0.4 is 0 Å². The van der Waals surface area contributed by atoms with E-state index in [4.69, 9.17) is 9.47 Å². The van der Waals surface area contributed by atoms with Crippen LogP contribution in [-0.2, 0) is 14.3 Å². The van der Waals surface area contributed by atoms with Crippen molar-refractivity contribution in [1.82, 2.24) is 0 Å². The lowest BCUT2D eigenvalue weighted by molar-refractivity contribution is -0.382. The Balaban J connectivity index is 1.72. The molecule has 4 saturated carbocycles. The summed E-state index contributed by atoms with van der Waals surface area (Å²) >= 11 is 0. The van der Waals surface area contributed by atoms with Crippen LogP contribution in [0.2, 0.25) is 0 Å². The minimum absolute atomic E-state index is 0.163. The van der Waals surface area contributed by atoms with Gasteiger partial charge in [-0.1, -0.05) is 20.3 Å². The maximum absolute atomic E-state index is 12.1. The summed E-state index contributed by atoms with van der Waals surface area (Å²) in [5.41, 5.74) is 0. The molecule has 0 spiro atoms. The average Bonchev–Trinajstić information content (AvgIpc) is 3.29. The Bertz CT molecular complexity index is 530. The predicted octanol–water partition coefficient (Wildman–Crippen LogP) is 2.44. The van der Waals surface area contributed by atoms with Gasteiger partial charge in [0.05, 0.1) is 11.8 Å². The van der Waals surface area contributed by atoms with E-state index in [2.05, 4.69) is 13.8 Å². The van der Waals surface area contributed by atoms with Crippen molar-refractivity contribution in [3.8, 4) is 0 Å². The Morgan fingerprint density at radius 3 is 2.21 bits per heavy atom. The van der Waals surface area contributed by atoms with Gasteiger partial charge in [0.1, 0.15) is 0 Å². The van der Waals surface area contributed by atoms with E-state index in [1.807, 2.05) is 0 Å². The molecule has 4 fully saturated rings. The molecular formula is C19H30O5. The molecule has 0 aliphatic heterocycles. The van der Waals surface area contributed by atoms with E-state index < -0.39 is 23.8 Å². The minimum atomic E-state index is -1.79. The SMILES string of the molecule is CCC1C(C)C2CC1C1C3CC(C21)C(C(O)(OC)OC)C3C(=O)O. The molecule has 24 heavy (non-hydrogen) atoms. The van der Waals surface area contributed by atoms with E-state index in [0.717, 1.165) is 12.3 Å². The Kier molecular flexibility index (Phi) is 3.79. The molecule has 0 aromatic carbocycles. The standard InChI is InChI=1S/C19H30O5/c1-5-9-8(2)10-6-11(9)15-12-7-13(14(10)15)17(16(12)18(20)21)19(22,23-3)24-4/h8-17,22H,5-7H2,1-4H3,(H,20,21). The van der Waals surface area contributed by atoms with Crippen LogP contribution in [0.15, 0.2) is 0 Å². The van der Waals surface area contributed by atoms with Gasteiger partial charge in [0.25, 0.3) is 5.97 Å². The Labute approximate surface area is 143 Å². The third-order valence-corrected chi connectivity index (χ3v) is 8.48. The van der Waals surface area contributed by atoms with Crippen LogP contribution in [-0.4, -0.2) is 36.4 Å². The summed E-state index contributed by atoms with van der Waals surface area (Å²) < 4.78 is 10.5. The zero-order valence-corrected chi connectivity index (χ0v) is 15.0. The quantitative estimate of drug-likeness (QED) is 0.595. The number of methoxy groups -OCH3 is 2. The highest BCUT2D eigenvalue weighted by Gasteiger charge is 2.73. The van der Waals surface area contributed by atoms with Crippen molar-refractivity contribution in [2.45, 2.75) is 39.1 Å². The third-order valence-electron chi connectivity index (χ3n) is 8.48. The lowest BCUT2D eigenvalue weighted by Crippen LogP contribution is -2.55. The van der Waals surface area contributed by atoms with Crippen LogP contribution >= 0.6 is 0 Å². The lowest BCUT2D eigenvalue weighted by atomic mass is 9.58. The van der Waals surface area contributed by atoms with Crippen LogP contribution in [0.1, 0.15) is 33.1 Å². The van der Waals surface area contributed by atoms with Gasteiger partial charge in [-0.25, -0.2) is 0 Å². The first-order valence-electron chi connectivity index (χ1n) is 9.45. The summed E-state index contributed by atoms with van der Waals surface area (Å²) in [4.78, 5) is 12.1. The summed E-state index contributed by atoms with van der Waals surface area (Å²) in [6.45, 7) is 4.65. The maximum atomic E-state index is 12.1. The smallest absolute Gasteiger partial charge is 0.307 e.